The van der Waals surface area contributed by atoms with Crippen molar-refractivity contribution in [1.82, 2.24) is 24.5 Å². The fourth-order valence-corrected chi connectivity index (χ4v) is 4.37. The summed E-state index contributed by atoms with van der Waals surface area (Å²) >= 11 is 0. The molecule has 156 valence electrons. The van der Waals surface area contributed by atoms with Crippen LogP contribution >= 0.6 is 0 Å². The average Bonchev–Trinajstić information content (AvgIpc) is 3.39. The highest BCUT2D eigenvalue weighted by Gasteiger charge is 2.35. The second kappa shape index (κ2) is 6.72. The van der Waals surface area contributed by atoms with E-state index in [2.05, 4.69) is 10.2 Å². The molecule has 2 aliphatic rings. The van der Waals surface area contributed by atoms with Crippen molar-refractivity contribution < 1.29 is 18.0 Å². The molecule has 0 atom stereocenters. The standard InChI is InChI=1S/C21H20F3N5O/c1-27-19(11-3-4-11)14(9-25-27)21(30)29-6-5-13-17(10-29)26-28(2)20(13)12-7-15(22)18(24)16(23)8-12/h7-9,11H,3-6,10H2,1-2H3. The van der Waals surface area contributed by atoms with Crippen LogP contribution in [0.3, 0.4) is 0 Å². The van der Waals surface area contributed by atoms with Gasteiger partial charge in [0.05, 0.1) is 35.4 Å². The molecule has 2 aromatic heterocycles. The number of carbonyl (C=O) groups is 1. The van der Waals surface area contributed by atoms with Crippen LogP contribution in [0.15, 0.2) is 18.3 Å². The third kappa shape index (κ3) is 2.91. The molecule has 0 saturated heterocycles. The number of aromatic nitrogens is 4. The van der Waals surface area contributed by atoms with Gasteiger partial charge in [-0.05, 0) is 31.4 Å². The van der Waals surface area contributed by atoms with Gasteiger partial charge in [0, 0.05) is 37.7 Å². The minimum Gasteiger partial charge on any atom is -0.332 e. The van der Waals surface area contributed by atoms with Crippen molar-refractivity contribution in [2.45, 2.75) is 31.7 Å². The Hall–Kier alpha value is -3.10. The Labute approximate surface area is 170 Å². The van der Waals surface area contributed by atoms with Crippen LogP contribution in [0.2, 0.25) is 0 Å². The van der Waals surface area contributed by atoms with Gasteiger partial charge in [0.1, 0.15) is 0 Å². The summed E-state index contributed by atoms with van der Waals surface area (Å²) in [4.78, 5) is 14.9. The number of aryl methyl sites for hydroxylation is 2. The van der Waals surface area contributed by atoms with E-state index in [9.17, 15) is 18.0 Å². The molecule has 6 nitrogen and oxygen atoms in total. The molecule has 9 heteroatoms. The van der Waals surface area contributed by atoms with Gasteiger partial charge in [-0.1, -0.05) is 0 Å². The number of halogens is 3. The lowest BCUT2D eigenvalue weighted by Gasteiger charge is -2.26. The van der Waals surface area contributed by atoms with Gasteiger partial charge in [-0.15, -0.1) is 0 Å². The Morgan fingerprint density at radius 1 is 1.10 bits per heavy atom. The summed E-state index contributed by atoms with van der Waals surface area (Å²) in [5.74, 6) is -3.66. The van der Waals surface area contributed by atoms with E-state index in [1.165, 1.54) is 4.68 Å². The maximum Gasteiger partial charge on any atom is 0.257 e. The van der Waals surface area contributed by atoms with Crippen LogP contribution in [0.25, 0.3) is 11.3 Å². The predicted molar refractivity (Wildman–Crippen MR) is 102 cm³/mol. The van der Waals surface area contributed by atoms with E-state index in [-0.39, 0.29) is 11.5 Å². The van der Waals surface area contributed by atoms with Crippen LogP contribution in [0.4, 0.5) is 13.2 Å². The minimum atomic E-state index is -1.49. The Balaban J connectivity index is 1.46. The van der Waals surface area contributed by atoms with Gasteiger partial charge in [-0.3, -0.25) is 14.2 Å². The first-order valence-electron chi connectivity index (χ1n) is 9.86. The van der Waals surface area contributed by atoms with E-state index in [1.54, 1.807) is 22.8 Å². The number of hydrogen-bond donors (Lipinski definition) is 0. The number of benzene rings is 1. The number of carbonyl (C=O) groups excluding carboxylic acids is 1. The molecule has 0 N–H and O–H groups in total. The molecule has 1 aliphatic carbocycles. The summed E-state index contributed by atoms with van der Waals surface area (Å²) in [5.41, 5.74) is 3.86. The molecule has 0 spiro atoms. The van der Waals surface area contributed by atoms with E-state index in [0.717, 1.165) is 36.2 Å². The molecule has 5 rings (SSSR count). The Morgan fingerprint density at radius 2 is 1.80 bits per heavy atom. The van der Waals surface area contributed by atoms with Crippen LogP contribution in [-0.4, -0.2) is 36.9 Å². The van der Waals surface area contributed by atoms with E-state index in [1.807, 2.05) is 7.05 Å². The molecule has 3 aromatic rings. The average molecular weight is 415 g/mol. The second-order valence-electron chi connectivity index (χ2n) is 7.97. The van der Waals surface area contributed by atoms with Gasteiger partial charge in [-0.25, -0.2) is 13.2 Å². The largest absolute Gasteiger partial charge is 0.332 e. The molecule has 0 radical (unpaired) electrons. The van der Waals surface area contributed by atoms with Crippen LogP contribution in [0.5, 0.6) is 0 Å². The normalized spacial score (nSPS) is 16.1. The van der Waals surface area contributed by atoms with Gasteiger partial charge in [0.25, 0.3) is 5.91 Å². The lowest BCUT2D eigenvalue weighted by molar-refractivity contribution is 0.0731. The highest BCUT2D eigenvalue weighted by Crippen LogP contribution is 2.42. The number of hydrogen-bond acceptors (Lipinski definition) is 3. The molecule has 1 aliphatic heterocycles. The topological polar surface area (TPSA) is 56.0 Å². The summed E-state index contributed by atoms with van der Waals surface area (Å²) in [6, 6.07) is 1.95. The summed E-state index contributed by atoms with van der Waals surface area (Å²) in [6.45, 7) is 0.753. The summed E-state index contributed by atoms with van der Waals surface area (Å²) in [6.07, 6.45) is 4.25. The van der Waals surface area contributed by atoms with Gasteiger partial charge in [-0.2, -0.15) is 10.2 Å². The van der Waals surface area contributed by atoms with Crippen molar-refractivity contribution in [3.8, 4) is 11.3 Å². The minimum absolute atomic E-state index is 0.0817. The van der Waals surface area contributed by atoms with Crippen molar-refractivity contribution in [3.63, 3.8) is 0 Å². The second-order valence-corrected chi connectivity index (χ2v) is 7.97. The lowest BCUT2D eigenvalue weighted by Crippen LogP contribution is -2.36. The predicted octanol–water partition coefficient (Wildman–Crippen LogP) is 3.31. The third-order valence-electron chi connectivity index (χ3n) is 5.92. The molecule has 1 saturated carbocycles. The molecule has 1 fully saturated rings. The number of nitrogens with zero attached hydrogens (tertiary/aromatic N) is 5. The van der Waals surface area contributed by atoms with Gasteiger partial charge >= 0.3 is 0 Å². The number of amides is 1. The van der Waals surface area contributed by atoms with Crippen molar-refractivity contribution in [2.24, 2.45) is 14.1 Å². The van der Waals surface area contributed by atoms with E-state index in [0.29, 0.717) is 42.4 Å². The quantitative estimate of drug-likeness (QED) is 0.617. The van der Waals surface area contributed by atoms with Crippen molar-refractivity contribution in [1.29, 1.82) is 0 Å². The number of rotatable bonds is 3. The van der Waals surface area contributed by atoms with Crippen LogP contribution in [-0.2, 0) is 27.1 Å². The lowest BCUT2D eigenvalue weighted by atomic mass is 9.99. The molecule has 1 amide bonds. The maximum absolute atomic E-state index is 13.8. The van der Waals surface area contributed by atoms with E-state index >= 15 is 0 Å². The summed E-state index contributed by atoms with van der Waals surface area (Å²) in [7, 11) is 3.52. The Bertz CT molecular complexity index is 1150. The van der Waals surface area contributed by atoms with Gasteiger partial charge in [0.2, 0.25) is 0 Å². The van der Waals surface area contributed by atoms with Gasteiger partial charge in [0.15, 0.2) is 17.5 Å². The van der Waals surface area contributed by atoms with Crippen molar-refractivity contribution in [3.05, 3.63) is 58.3 Å². The zero-order chi connectivity index (χ0) is 21.2. The van der Waals surface area contributed by atoms with Crippen LogP contribution in [0.1, 0.15) is 46.1 Å². The summed E-state index contributed by atoms with van der Waals surface area (Å²) < 4.78 is 44.2. The first-order chi connectivity index (χ1) is 14.3. The molecule has 1 aromatic carbocycles. The fourth-order valence-electron chi connectivity index (χ4n) is 4.37. The van der Waals surface area contributed by atoms with Gasteiger partial charge < -0.3 is 4.90 Å². The fraction of sp³-hybridized carbons (Fsp3) is 0.381. The monoisotopic (exact) mass is 415 g/mol. The first kappa shape index (κ1) is 18.9. The Morgan fingerprint density at radius 3 is 2.47 bits per heavy atom. The van der Waals surface area contributed by atoms with E-state index in [4.69, 9.17) is 0 Å². The van der Waals surface area contributed by atoms with Crippen LogP contribution < -0.4 is 0 Å². The zero-order valence-electron chi connectivity index (χ0n) is 16.6. The molecule has 3 heterocycles. The first-order valence-corrected chi connectivity index (χ1v) is 9.86. The molecule has 30 heavy (non-hydrogen) atoms. The molecular weight excluding hydrogens is 395 g/mol. The highest BCUT2D eigenvalue weighted by atomic mass is 19.2. The highest BCUT2D eigenvalue weighted by molar-refractivity contribution is 5.95. The van der Waals surface area contributed by atoms with Crippen molar-refractivity contribution >= 4 is 5.91 Å². The van der Waals surface area contributed by atoms with Crippen molar-refractivity contribution in [2.75, 3.05) is 6.54 Å². The smallest absolute Gasteiger partial charge is 0.257 e. The van der Waals surface area contributed by atoms with Crippen LogP contribution in [0, 0.1) is 17.5 Å². The number of fused-ring (bicyclic) bond motifs is 1. The molecule has 0 bridgehead atoms. The zero-order valence-corrected chi connectivity index (χ0v) is 16.6. The Kier molecular flexibility index (Phi) is 4.23. The SMILES string of the molecule is Cn1nc2c(c1-c1cc(F)c(F)c(F)c1)CCN(C(=O)c1cnn(C)c1C1CC1)C2. The third-order valence-corrected chi connectivity index (χ3v) is 5.92. The molecule has 0 unspecified atom stereocenters. The summed E-state index contributed by atoms with van der Waals surface area (Å²) in [5, 5.41) is 8.74. The maximum atomic E-state index is 13.8. The molecular formula is C21H20F3N5O. The van der Waals surface area contributed by atoms with E-state index < -0.39 is 17.5 Å².